The van der Waals surface area contributed by atoms with Crippen molar-refractivity contribution in [3.63, 3.8) is 0 Å². The van der Waals surface area contributed by atoms with Crippen LogP contribution in [0.4, 0.5) is 5.69 Å². The van der Waals surface area contributed by atoms with E-state index in [1.807, 2.05) is 65.0 Å². The Hall–Kier alpha value is -2.79. The molecule has 0 N–H and O–H groups in total. The number of hydrogen-bond acceptors (Lipinski definition) is 3. The van der Waals surface area contributed by atoms with E-state index < -0.39 is 0 Å². The number of rotatable bonds is 3. The van der Waals surface area contributed by atoms with Crippen LogP contribution in [0.5, 0.6) is 0 Å². The lowest BCUT2D eigenvalue weighted by atomic mass is 10.1. The Morgan fingerprint density at radius 2 is 1.70 bits per heavy atom. The van der Waals surface area contributed by atoms with Gasteiger partial charge in [0.1, 0.15) is 0 Å². The molecule has 0 atom stereocenters. The van der Waals surface area contributed by atoms with Gasteiger partial charge in [-0.3, -0.25) is 4.79 Å². The number of halogens is 1. The van der Waals surface area contributed by atoms with Gasteiger partial charge in [0.05, 0.1) is 5.69 Å². The van der Waals surface area contributed by atoms with Crippen molar-refractivity contribution in [2.24, 2.45) is 0 Å². The molecule has 1 aliphatic heterocycles. The third-order valence-corrected chi connectivity index (χ3v) is 5.17. The van der Waals surface area contributed by atoms with E-state index in [0.29, 0.717) is 18.7 Å². The van der Waals surface area contributed by atoms with Crippen molar-refractivity contribution in [2.45, 2.75) is 6.92 Å². The van der Waals surface area contributed by atoms with E-state index in [9.17, 15) is 4.79 Å². The minimum atomic E-state index is 0.0736. The molecule has 0 aliphatic carbocycles. The SMILES string of the molecule is Cc1ccnn1-c1ccc(C(=O)N2CCN(c3cccc(Cl)c3)CC2)cc1. The summed E-state index contributed by atoms with van der Waals surface area (Å²) in [6, 6.07) is 17.4. The molecule has 6 heteroatoms. The van der Waals surface area contributed by atoms with Crippen LogP contribution < -0.4 is 4.90 Å². The molecule has 2 heterocycles. The monoisotopic (exact) mass is 380 g/mol. The van der Waals surface area contributed by atoms with Crippen LogP contribution in [0, 0.1) is 6.92 Å². The first-order valence-corrected chi connectivity index (χ1v) is 9.40. The van der Waals surface area contributed by atoms with Crippen molar-refractivity contribution in [1.29, 1.82) is 0 Å². The van der Waals surface area contributed by atoms with Crippen LogP contribution in [0.3, 0.4) is 0 Å². The van der Waals surface area contributed by atoms with Crippen LogP contribution in [0.25, 0.3) is 5.69 Å². The zero-order valence-electron chi connectivity index (χ0n) is 15.2. The van der Waals surface area contributed by atoms with Crippen LogP contribution in [-0.2, 0) is 0 Å². The Bertz CT molecular complexity index is 943. The quantitative estimate of drug-likeness (QED) is 0.694. The van der Waals surface area contributed by atoms with E-state index >= 15 is 0 Å². The number of amides is 1. The normalized spacial score (nSPS) is 14.4. The highest BCUT2D eigenvalue weighted by molar-refractivity contribution is 6.30. The lowest BCUT2D eigenvalue weighted by Crippen LogP contribution is -2.48. The molecular weight excluding hydrogens is 360 g/mol. The number of hydrogen-bond donors (Lipinski definition) is 0. The van der Waals surface area contributed by atoms with Gasteiger partial charge in [-0.05, 0) is 55.5 Å². The van der Waals surface area contributed by atoms with Crippen molar-refractivity contribution in [3.05, 3.63) is 77.1 Å². The van der Waals surface area contributed by atoms with Gasteiger partial charge in [-0.2, -0.15) is 5.10 Å². The lowest BCUT2D eigenvalue weighted by molar-refractivity contribution is 0.0747. The maximum absolute atomic E-state index is 12.8. The highest BCUT2D eigenvalue weighted by Gasteiger charge is 2.22. The third kappa shape index (κ3) is 3.69. The zero-order chi connectivity index (χ0) is 18.8. The van der Waals surface area contributed by atoms with Gasteiger partial charge in [-0.25, -0.2) is 4.68 Å². The van der Waals surface area contributed by atoms with Crippen LogP contribution in [0.2, 0.25) is 5.02 Å². The molecule has 1 aromatic heterocycles. The first kappa shape index (κ1) is 17.6. The molecule has 1 aliphatic rings. The number of carbonyl (C=O) groups excluding carboxylic acids is 1. The summed E-state index contributed by atoms with van der Waals surface area (Å²) in [5, 5.41) is 5.03. The number of piperazine rings is 1. The van der Waals surface area contributed by atoms with Crippen LogP contribution >= 0.6 is 11.6 Å². The van der Waals surface area contributed by atoms with E-state index in [1.54, 1.807) is 6.20 Å². The van der Waals surface area contributed by atoms with Crippen molar-refractivity contribution in [3.8, 4) is 5.69 Å². The fraction of sp³-hybridized carbons (Fsp3) is 0.238. The summed E-state index contributed by atoms with van der Waals surface area (Å²) in [6.45, 7) is 5.01. The van der Waals surface area contributed by atoms with E-state index in [0.717, 1.165) is 35.2 Å². The summed E-state index contributed by atoms with van der Waals surface area (Å²) in [5.41, 5.74) is 3.83. The Balaban J connectivity index is 1.41. The molecule has 3 aromatic rings. The highest BCUT2D eigenvalue weighted by Crippen LogP contribution is 2.21. The van der Waals surface area contributed by atoms with Crippen molar-refractivity contribution in [1.82, 2.24) is 14.7 Å². The van der Waals surface area contributed by atoms with Crippen molar-refractivity contribution >= 4 is 23.2 Å². The molecule has 0 radical (unpaired) electrons. The van der Waals surface area contributed by atoms with Gasteiger partial charge in [-0.1, -0.05) is 17.7 Å². The zero-order valence-corrected chi connectivity index (χ0v) is 15.9. The molecule has 1 fully saturated rings. The minimum Gasteiger partial charge on any atom is -0.368 e. The minimum absolute atomic E-state index is 0.0736. The van der Waals surface area contributed by atoms with Crippen molar-refractivity contribution in [2.75, 3.05) is 31.1 Å². The molecular formula is C21H21ClN4O. The second-order valence-corrected chi connectivity index (χ2v) is 7.13. The number of aromatic nitrogens is 2. The van der Waals surface area contributed by atoms with Gasteiger partial charge in [-0.15, -0.1) is 0 Å². The van der Waals surface area contributed by atoms with Gasteiger partial charge in [0.15, 0.2) is 0 Å². The molecule has 1 saturated heterocycles. The largest absolute Gasteiger partial charge is 0.368 e. The second-order valence-electron chi connectivity index (χ2n) is 6.69. The molecule has 138 valence electrons. The number of anilines is 1. The van der Waals surface area contributed by atoms with Gasteiger partial charge in [0, 0.05) is 54.3 Å². The van der Waals surface area contributed by atoms with Gasteiger partial charge >= 0.3 is 0 Å². The fourth-order valence-electron chi connectivity index (χ4n) is 3.41. The standard InChI is InChI=1S/C21H21ClN4O/c1-16-9-10-23-26(16)19-7-5-17(6-8-19)21(27)25-13-11-24(12-14-25)20-4-2-3-18(22)15-20/h2-10,15H,11-14H2,1H3. The summed E-state index contributed by atoms with van der Waals surface area (Å²) < 4.78 is 1.86. The molecule has 27 heavy (non-hydrogen) atoms. The molecule has 0 unspecified atom stereocenters. The molecule has 0 saturated carbocycles. The van der Waals surface area contributed by atoms with E-state index in [-0.39, 0.29) is 5.91 Å². The maximum atomic E-state index is 12.8. The van der Waals surface area contributed by atoms with Crippen LogP contribution in [0.1, 0.15) is 16.1 Å². The molecule has 1 amide bonds. The molecule has 0 spiro atoms. The Labute approximate surface area is 163 Å². The predicted molar refractivity (Wildman–Crippen MR) is 108 cm³/mol. The Morgan fingerprint density at radius 3 is 2.33 bits per heavy atom. The van der Waals surface area contributed by atoms with E-state index in [4.69, 9.17) is 11.6 Å². The summed E-state index contributed by atoms with van der Waals surface area (Å²) in [6.07, 6.45) is 1.77. The third-order valence-electron chi connectivity index (χ3n) is 4.93. The summed E-state index contributed by atoms with van der Waals surface area (Å²) in [5.74, 6) is 0.0736. The smallest absolute Gasteiger partial charge is 0.253 e. The first-order valence-electron chi connectivity index (χ1n) is 9.03. The van der Waals surface area contributed by atoms with Crippen molar-refractivity contribution < 1.29 is 4.79 Å². The number of nitrogens with zero attached hydrogens (tertiary/aromatic N) is 4. The average molecular weight is 381 g/mol. The summed E-state index contributed by atoms with van der Waals surface area (Å²) >= 11 is 6.09. The van der Waals surface area contributed by atoms with Crippen LogP contribution in [-0.4, -0.2) is 46.8 Å². The topological polar surface area (TPSA) is 41.4 Å². The second kappa shape index (κ2) is 7.45. The predicted octanol–water partition coefficient (Wildman–Crippen LogP) is 3.80. The van der Waals surface area contributed by atoms with E-state index in [1.165, 1.54) is 0 Å². The number of carbonyl (C=O) groups is 1. The van der Waals surface area contributed by atoms with Gasteiger partial charge in [0.2, 0.25) is 0 Å². The lowest BCUT2D eigenvalue weighted by Gasteiger charge is -2.36. The average Bonchev–Trinajstić information content (AvgIpc) is 3.14. The Kier molecular flexibility index (Phi) is 4.86. The van der Waals surface area contributed by atoms with Gasteiger partial charge < -0.3 is 9.80 Å². The summed E-state index contributed by atoms with van der Waals surface area (Å²) in [4.78, 5) is 17.0. The van der Waals surface area contributed by atoms with Crippen LogP contribution in [0.15, 0.2) is 60.8 Å². The van der Waals surface area contributed by atoms with Gasteiger partial charge in [0.25, 0.3) is 5.91 Å². The summed E-state index contributed by atoms with van der Waals surface area (Å²) in [7, 11) is 0. The first-order chi connectivity index (χ1) is 13.1. The number of benzene rings is 2. The molecule has 5 nitrogen and oxygen atoms in total. The highest BCUT2D eigenvalue weighted by atomic mass is 35.5. The fourth-order valence-corrected chi connectivity index (χ4v) is 3.59. The maximum Gasteiger partial charge on any atom is 0.253 e. The molecule has 0 bridgehead atoms. The Morgan fingerprint density at radius 1 is 0.963 bits per heavy atom. The molecule has 4 rings (SSSR count). The number of aryl methyl sites for hydroxylation is 1. The van der Waals surface area contributed by atoms with E-state index in [2.05, 4.69) is 16.1 Å². The molecule has 2 aromatic carbocycles.